The van der Waals surface area contributed by atoms with Crippen LogP contribution in [0.1, 0.15) is 49.4 Å². The molecule has 1 fully saturated rings. The molecule has 30 heavy (non-hydrogen) atoms. The van der Waals surface area contributed by atoms with E-state index in [1.54, 1.807) is 4.68 Å². The van der Waals surface area contributed by atoms with Crippen LogP contribution >= 0.6 is 0 Å². The average Bonchev–Trinajstić information content (AvgIpc) is 3.32. The van der Waals surface area contributed by atoms with Crippen LogP contribution in [0.2, 0.25) is 0 Å². The molecule has 6 heteroatoms. The van der Waals surface area contributed by atoms with Crippen LogP contribution in [-0.4, -0.2) is 22.4 Å². The minimum Gasteiger partial charge on any atom is -0.338 e. The van der Waals surface area contributed by atoms with Crippen molar-refractivity contribution in [1.82, 2.24) is 20.4 Å². The van der Waals surface area contributed by atoms with Gasteiger partial charge in [0.1, 0.15) is 0 Å². The van der Waals surface area contributed by atoms with Gasteiger partial charge in [-0.15, -0.1) is 0 Å². The molecule has 6 nitrogen and oxygen atoms in total. The fourth-order valence-electron chi connectivity index (χ4n) is 4.17. The van der Waals surface area contributed by atoms with Gasteiger partial charge in [-0.2, -0.15) is 5.10 Å². The largest absolute Gasteiger partial charge is 0.338 e. The van der Waals surface area contributed by atoms with E-state index >= 15 is 0 Å². The SMILES string of the molecule is O=C(NCCCc1ccccc1)NCc1nn(C2CCCC2)c(=O)c2ccccc12. The monoisotopic (exact) mass is 404 g/mol. The Labute approximate surface area is 176 Å². The lowest BCUT2D eigenvalue weighted by atomic mass is 10.1. The Morgan fingerprint density at radius 2 is 1.67 bits per heavy atom. The number of carbonyl (C=O) groups excluding carboxylic acids is 1. The van der Waals surface area contributed by atoms with Crippen molar-refractivity contribution in [2.75, 3.05) is 6.54 Å². The number of nitrogens with one attached hydrogen (secondary N) is 2. The van der Waals surface area contributed by atoms with Crippen LogP contribution in [0.4, 0.5) is 4.79 Å². The van der Waals surface area contributed by atoms with E-state index < -0.39 is 0 Å². The van der Waals surface area contributed by atoms with Crippen LogP contribution in [0.5, 0.6) is 0 Å². The Morgan fingerprint density at radius 3 is 2.43 bits per heavy atom. The highest BCUT2D eigenvalue weighted by molar-refractivity contribution is 5.84. The van der Waals surface area contributed by atoms with Gasteiger partial charge in [-0.05, 0) is 37.3 Å². The minimum atomic E-state index is -0.215. The summed E-state index contributed by atoms with van der Waals surface area (Å²) in [4.78, 5) is 25.2. The number of aryl methyl sites for hydroxylation is 1. The zero-order valence-electron chi connectivity index (χ0n) is 17.1. The van der Waals surface area contributed by atoms with Crippen LogP contribution in [0.3, 0.4) is 0 Å². The third-order valence-electron chi connectivity index (χ3n) is 5.76. The molecule has 2 amide bonds. The molecule has 3 aromatic rings. The van der Waals surface area contributed by atoms with Crippen molar-refractivity contribution in [1.29, 1.82) is 0 Å². The molecule has 1 saturated carbocycles. The topological polar surface area (TPSA) is 76.0 Å². The molecule has 2 aromatic carbocycles. The molecule has 4 rings (SSSR count). The summed E-state index contributed by atoms with van der Waals surface area (Å²) in [5.74, 6) is 0. The van der Waals surface area contributed by atoms with Crippen molar-refractivity contribution < 1.29 is 4.79 Å². The Bertz CT molecular complexity index is 1060. The fourth-order valence-corrected chi connectivity index (χ4v) is 4.17. The number of urea groups is 1. The van der Waals surface area contributed by atoms with E-state index in [2.05, 4.69) is 27.9 Å². The van der Waals surface area contributed by atoms with Crippen molar-refractivity contribution in [3.05, 3.63) is 76.2 Å². The maximum absolute atomic E-state index is 12.9. The third kappa shape index (κ3) is 4.70. The van der Waals surface area contributed by atoms with Gasteiger partial charge in [0.15, 0.2) is 0 Å². The van der Waals surface area contributed by atoms with Gasteiger partial charge in [0, 0.05) is 11.9 Å². The van der Waals surface area contributed by atoms with Crippen molar-refractivity contribution >= 4 is 16.8 Å². The predicted octanol–water partition coefficient (Wildman–Crippen LogP) is 3.94. The number of carbonyl (C=O) groups is 1. The maximum atomic E-state index is 12.9. The molecule has 0 radical (unpaired) electrons. The first kappa shape index (κ1) is 20.1. The Hall–Kier alpha value is -3.15. The lowest BCUT2D eigenvalue weighted by Crippen LogP contribution is -2.37. The standard InChI is InChI=1S/C24H28N4O2/c29-23-21-15-7-6-14-20(21)22(27-28(23)19-12-4-5-13-19)17-26-24(30)25-16-8-11-18-9-2-1-3-10-18/h1-3,6-7,9-10,14-15,19H,4-5,8,11-13,16-17H2,(H2,25,26,30). The number of benzene rings is 2. The highest BCUT2D eigenvalue weighted by Crippen LogP contribution is 2.28. The van der Waals surface area contributed by atoms with Gasteiger partial charge in [-0.1, -0.05) is 61.4 Å². The summed E-state index contributed by atoms with van der Waals surface area (Å²) < 4.78 is 1.64. The summed E-state index contributed by atoms with van der Waals surface area (Å²) in [6.07, 6.45) is 6.04. The van der Waals surface area contributed by atoms with Gasteiger partial charge in [0.05, 0.1) is 23.7 Å². The number of hydrogen-bond donors (Lipinski definition) is 2. The van der Waals surface area contributed by atoms with Gasteiger partial charge in [-0.25, -0.2) is 9.48 Å². The van der Waals surface area contributed by atoms with Gasteiger partial charge < -0.3 is 10.6 Å². The van der Waals surface area contributed by atoms with Crippen LogP contribution in [0.15, 0.2) is 59.4 Å². The third-order valence-corrected chi connectivity index (χ3v) is 5.76. The molecule has 0 spiro atoms. The molecule has 1 aliphatic carbocycles. The average molecular weight is 405 g/mol. The summed E-state index contributed by atoms with van der Waals surface area (Å²) in [5.41, 5.74) is 1.97. The zero-order valence-corrected chi connectivity index (χ0v) is 17.1. The molecule has 0 aliphatic heterocycles. The molecular formula is C24H28N4O2. The molecule has 0 bridgehead atoms. The Balaban J connectivity index is 1.38. The lowest BCUT2D eigenvalue weighted by Gasteiger charge is -2.16. The molecule has 0 unspecified atom stereocenters. The summed E-state index contributed by atoms with van der Waals surface area (Å²) in [6.45, 7) is 0.897. The van der Waals surface area contributed by atoms with E-state index in [4.69, 9.17) is 0 Å². The summed E-state index contributed by atoms with van der Waals surface area (Å²) in [7, 11) is 0. The highest BCUT2D eigenvalue weighted by Gasteiger charge is 2.21. The highest BCUT2D eigenvalue weighted by atomic mass is 16.2. The smallest absolute Gasteiger partial charge is 0.315 e. The van der Waals surface area contributed by atoms with Crippen molar-refractivity contribution in [2.24, 2.45) is 0 Å². The number of fused-ring (bicyclic) bond motifs is 1. The molecule has 2 N–H and O–H groups in total. The van der Waals surface area contributed by atoms with Crippen LogP contribution in [-0.2, 0) is 13.0 Å². The molecule has 156 valence electrons. The fraction of sp³-hybridized carbons (Fsp3) is 0.375. The van der Waals surface area contributed by atoms with E-state index in [1.165, 1.54) is 5.56 Å². The summed E-state index contributed by atoms with van der Waals surface area (Å²) in [5, 5.41) is 11.9. The summed E-state index contributed by atoms with van der Waals surface area (Å²) in [6, 6.07) is 17.7. The number of rotatable bonds is 7. The first-order valence-corrected chi connectivity index (χ1v) is 10.8. The predicted molar refractivity (Wildman–Crippen MR) is 119 cm³/mol. The number of aromatic nitrogens is 2. The second-order valence-corrected chi connectivity index (χ2v) is 7.88. The molecule has 1 aromatic heterocycles. The van der Waals surface area contributed by atoms with Gasteiger partial charge in [-0.3, -0.25) is 4.79 Å². The molecule has 1 aliphatic rings. The second kappa shape index (κ2) is 9.57. The molecular weight excluding hydrogens is 376 g/mol. The van der Waals surface area contributed by atoms with Crippen molar-refractivity contribution in [3.63, 3.8) is 0 Å². The van der Waals surface area contributed by atoms with E-state index in [0.717, 1.165) is 49.6 Å². The summed E-state index contributed by atoms with van der Waals surface area (Å²) >= 11 is 0. The van der Waals surface area contributed by atoms with Crippen molar-refractivity contribution in [3.8, 4) is 0 Å². The normalized spacial score (nSPS) is 14.1. The zero-order chi connectivity index (χ0) is 20.8. The van der Waals surface area contributed by atoms with E-state index in [-0.39, 0.29) is 24.2 Å². The van der Waals surface area contributed by atoms with E-state index in [9.17, 15) is 9.59 Å². The van der Waals surface area contributed by atoms with E-state index in [0.29, 0.717) is 11.9 Å². The van der Waals surface area contributed by atoms with Gasteiger partial charge >= 0.3 is 6.03 Å². The maximum Gasteiger partial charge on any atom is 0.315 e. The first-order chi connectivity index (χ1) is 14.7. The quantitative estimate of drug-likeness (QED) is 0.586. The Morgan fingerprint density at radius 1 is 0.967 bits per heavy atom. The van der Waals surface area contributed by atoms with Crippen LogP contribution < -0.4 is 16.2 Å². The number of amides is 2. The van der Waals surface area contributed by atoms with Crippen LogP contribution in [0, 0.1) is 0 Å². The first-order valence-electron chi connectivity index (χ1n) is 10.8. The van der Waals surface area contributed by atoms with Crippen molar-refractivity contribution in [2.45, 2.75) is 51.1 Å². The van der Waals surface area contributed by atoms with Gasteiger partial charge in [0.2, 0.25) is 0 Å². The van der Waals surface area contributed by atoms with Crippen LogP contribution in [0.25, 0.3) is 10.8 Å². The number of nitrogens with zero attached hydrogens (tertiary/aromatic N) is 2. The van der Waals surface area contributed by atoms with Gasteiger partial charge in [0.25, 0.3) is 5.56 Å². The van der Waals surface area contributed by atoms with E-state index in [1.807, 2.05) is 42.5 Å². The number of hydrogen-bond acceptors (Lipinski definition) is 3. The molecule has 1 heterocycles. The molecule has 0 atom stereocenters. The lowest BCUT2D eigenvalue weighted by molar-refractivity contribution is 0.240. The second-order valence-electron chi connectivity index (χ2n) is 7.88. The Kier molecular flexibility index (Phi) is 6.42. The molecule has 0 saturated heterocycles. The minimum absolute atomic E-state index is 0.0355.